The highest BCUT2D eigenvalue weighted by Gasteiger charge is 1.91. The highest BCUT2D eigenvalue weighted by Crippen LogP contribution is 2.02. The van der Waals surface area contributed by atoms with E-state index in [1.165, 1.54) is 11.6 Å². The second kappa shape index (κ2) is 8.70. The van der Waals surface area contributed by atoms with Crippen LogP contribution < -0.4 is 0 Å². The first-order chi connectivity index (χ1) is 7.93. The second-order valence-corrected chi connectivity index (χ2v) is 3.57. The summed E-state index contributed by atoms with van der Waals surface area (Å²) in [5, 5.41) is 8.27. The van der Waals surface area contributed by atoms with Gasteiger partial charge in [0, 0.05) is 12.7 Å². The van der Waals surface area contributed by atoms with Crippen molar-refractivity contribution in [2.24, 2.45) is 0 Å². The highest BCUT2D eigenvalue weighted by atomic mass is 16.5. The maximum atomic E-state index is 8.27. The van der Waals surface area contributed by atoms with E-state index in [1.54, 1.807) is 0 Å². The molecule has 0 N–H and O–H groups in total. The fourth-order valence-electron chi connectivity index (χ4n) is 1.37. The Labute approximate surface area is 97.2 Å². The highest BCUT2D eigenvalue weighted by molar-refractivity contribution is 5.13. The third kappa shape index (κ3) is 6.00. The zero-order valence-electron chi connectivity index (χ0n) is 9.43. The molecule has 0 aliphatic carbocycles. The van der Waals surface area contributed by atoms with Gasteiger partial charge in [-0.05, 0) is 24.8 Å². The van der Waals surface area contributed by atoms with Crippen LogP contribution in [-0.4, -0.2) is 6.61 Å². The van der Waals surface area contributed by atoms with E-state index in [9.17, 15) is 0 Å². The third-order valence-corrected chi connectivity index (χ3v) is 2.21. The van der Waals surface area contributed by atoms with E-state index in [-0.39, 0.29) is 0 Å². The van der Waals surface area contributed by atoms with Gasteiger partial charge in [0.05, 0.1) is 12.7 Å². The van der Waals surface area contributed by atoms with Crippen molar-refractivity contribution in [3.05, 3.63) is 48.0 Å². The molecule has 0 saturated heterocycles. The van der Waals surface area contributed by atoms with E-state index in [4.69, 9.17) is 10.00 Å². The smallest absolute Gasteiger partial charge is 0.0908 e. The van der Waals surface area contributed by atoms with Gasteiger partial charge in [0.2, 0.25) is 0 Å². The first-order valence-corrected chi connectivity index (χ1v) is 5.60. The largest absolute Gasteiger partial charge is 0.377 e. The van der Waals surface area contributed by atoms with Crippen molar-refractivity contribution >= 4 is 0 Å². The molecule has 0 unspecified atom stereocenters. The van der Waals surface area contributed by atoms with Crippen molar-refractivity contribution in [2.75, 3.05) is 6.61 Å². The van der Waals surface area contributed by atoms with Gasteiger partial charge < -0.3 is 4.74 Å². The second-order valence-electron chi connectivity index (χ2n) is 3.57. The Hall–Kier alpha value is -1.59. The van der Waals surface area contributed by atoms with Crippen LogP contribution in [0.3, 0.4) is 0 Å². The summed E-state index contributed by atoms with van der Waals surface area (Å²) in [6, 6.07) is 12.2. The van der Waals surface area contributed by atoms with Gasteiger partial charge in [-0.25, -0.2) is 0 Å². The number of allylic oxidation sites excluding steroid dienone is 2. The van der Waals surface area contributed by atoms with E-state index < -0.39 is 0 Å². The summed E-state index contributed by atoms with van der Waals surface area (Å²) in [6.45, 7) is 1.48. The number of hydrogen-bond donors (Lipinski definition) is 0. The van der Waals surface area contributed by atoms with Gasteiger partial charge in [-0.15, -0.1) is 0 Å². The van der Waals surface area contributed by atoms with Gasteiger partial charge >= 0.3 is 0 Å². The molecule has 0 radical (unpaired) electrons. The SMILES string of the molecule is N#C/C=C\CCCCOCc1ccccc1. The van der Waals surface area contributed by atoms with E-state index in [0.29, 0.717) is 6.61 Å². The maximum absolute atomic E-state index is 8.27. The number of benzene rings is 1. The molecule has 1 aromatic carbocycles. The van der Waals surface area contributed by atoms with E-state index >= 15 is 0 Å². The van der Waals surface area contributed by atoms with Crippen molar-refractivity contribution in [1.82, 2.24) is 0 Å². The molecule has 0 aliphatic rings. The first kappa shape index (κ1) is 12.5. The van der Waals surface area contributed by atoms with Crippen LogP contribution in [0.5, 0.6) is 0 Å². The Balaban J connectivity index is 1.97. The number of rotatable bonds is 7. The van der Waals surface area contributed by atoms with Crippen LogP contribution >= 0.6 is 0 Å². The molecule has 0 saturated carbocycles. The normalized spacial score (nSPS) is 10.4. The van der Waals surface area contributed by atoms with Gasteiger partial charge in [-0.3, -0.25) is 0 Å². The molecule has 0 fully saturated rings. The molecule has 2 heteroatoms. The van der Waals surface area contributed by atoms with Gasteiger partial charge in [-0.2, -0.15) is 5.26 Å². The van der Waals surface area contributed by atoms with Crippen LogP contribution in [0.4, 0.5) is 0 Å². The molecule has 84 valence electrons. The zero-order chi connectivity index (χ0) is 11.5. The summed E-state index contributed by atoms with van der Waals surface area (Å²) in [5.41, 5.74) is 1.21. The van der Waals surface area contributed by atoms with Crippen molar-refractivity contribution in [2.45, 2.75) is 25.9 Å². The van der Waals surface area contributed by atoms with Gasteiger partial charge in [0.1, 0.15) is 0 Å². The topological polar surface area (TPSA) is 33.0 Å². The summed E-state index contributed by atoms with van der Waals surface area (Å²) < 4.78 is 5.54. The molecule has 16 heavy (non-hydrogen) atoms. The Morgan fingerprint density at radius 2 is 2.00 bits per heavy atom. The van der Waals surface area contributed by atoms with E-state index in [2.05, 4.69) is 12.1 Å². The summed E-state index contributed by atoms with van der Waals surface area (Å²) in [7, 11) is 0. The monoisotopic (exact) mass is 215 g/mol. The van der Waals surface area contributed by atoms with Crippen molar-refractivity contribution in [1.29, 1.82) is 5.26 Å². The van der Waals surface area contributed by atoms with Crippen LogP contribution in [0.25, 0.3) is 0 Å². The molecule has 0 heterocycles. The lowest BCUT2D eigenvalue weighted by Gasteiger charge is -2.03. The molecule has 1 aromatic rings. The molecule has 1 rings (SSSR count). The number of ether oxygens (including phenoxy) is 1. The van der Waals surface area contributed by atoms with Crippen LogP contribution in [0.2, 0.25) is 0 Å². The van der Waals surface area contributed by atoms with Gasteiger partial charge in [0.15, 0.2) is 0 Å². The molecule has 2 nitrogen and oxygen atoms in total. The minimum absolute atomic E-state index is 0.689. The van der Waals surface area contributed by atoms with E-state index in [0.717, 1.165) is 25.9 Å². The molecule has 0 bridgehead atoms. The molecular weight excluding hydrogens is 198 g/mol. The molecule has 0 amide bonds. The number of unbranched alkanes of at least 4 members (excludes halogenated alkanes) is 2. The number of hydrogen-bond acceptors (Lipinski definition) is 2. The molecule has 0 atom stereocenters. The predicted molar refractivity (Wildman–Crippen MR) is 64.7 cm³/mol. The fourth-order valence-corrected chi connectivity index (χ4v) is 1.37. The summed E-state index contributed by atoms with van der Waals surface area (Å²) in [4.78, 5) is 0. The summed E-state index contributed by atoms with van der Waals surface area (Å²) in [6.07, 6.45) is 6.51. The Morgan fingerprint density at radius 3 is 2.75 bits per heavy atom. The van der Waals surface area contributed by atoms with E-state index in [1.807, 2.05) is 30.3 Å². The minimum atomic E-state index is 0.689. The third-order valence-electron chi connectivity index (χ3n) is 2.21. The quantitative estimate of drug-likeness (QED) is 0.515. The van der Waals surface area contributed by atoms with Crippen molar-refractivity contribution in [3.8, 4) is 6.07 Å². The Bertz CT molecular complexity index is 338. The molecule has 0 aliphatic heterocycles. The first-order valence-electron chi connectivity index (χ1n) is 5.60. The van der Waals surface area contributed by atoms with Gasteiger partial charge in [0.25, 0.3) is 0 Å². The average Bonchev–Trinajstić information content (AvgIpc) is 2.34. The number of nitrogens with zero attached hydrogens (tertiary/aromatic N) is 1. The van der Waals surface area contributed by atoms with Crippen molar-refractivity contribution in [3.63, 3.8) is 0 Å². The lowest BCUT2D eigenvalue weighted by Crippen LogP contribution is -1.94. The lowest BCUT2D eigenvalue weighted by atomic mass is 10.2. The molecular formula is C14H17NO. The fraction of sp³-hybridized carbons (Fsp3) is 0.357. The lowest BCUT2D eigenvalue weighted by molar-refractivity contribution is 0.117. The van der Waals surface area contributed by atoms with Crippen LogP contribution in [-0.2, 0) is 11.3 Å². The minimum Gasteiger partial charge on any atom is -0.377 e. The molecule has 0 aromatic heterocycles. The van der Waals surface area contributed by atoms with Crippen LogP contribution in [0.1, 0.15) is 24.8 Å². The maximum Gasteiger partial charge on any atom is 0.0908 e. The van der Waals surface area contributed by atoms with Crippen molar-refractivity contribution < 1.29 is 4.74 Å². The predicted octanol–water partition coefficient (Wildman–Crippen LogP) is 3.45. The summed E-state index contributed by atoms with van der Waals surface area (Å²) >= 11 is 0. The average molecular weight is 215 g/mol. The molecule has 0 spiro atoms. The number of nitriles is 1. The van der Waals surface area contributed by atoms with Gasteiger partial charge in [-0.1, -0.05) is 36.4 Å². The Morgan fingerprint density at radius 1 is 1.19 bits per heavy atom. The summed E-state index contributed by atoms with van der Waals surface area (Å²) in [5.74, 6) is 0. The standard InChI is InChI=1S/C14H17NO/c15-11-7-2-1-3-8-12-16-13-14-9-5-4-6-10-14/h2,4-7,9-10H,1,3,8,12-13H2/b7-2-. The van der Waals surface area contributed by atoms with Crippen LogP contribution in [0, 0.1) is 11.3 Å². The Kier molecular flexibility index (Phi) is 6.78. The van der Waals surface area contributed by atoms with Crippen LogP contribution in [0.15, 0.2) is 42.5 Å². The zero-order valence-corrected chi connectivity index (χ0v) is 9.43.